The molecule has 3 bridgehead atoms. The SMILES string of the molecule is Oc1cccc2c1[nH]c1c(C3=C[C@@]4(O)CC/C=C\CCCCN5CC[C@@H]3[C@]3(CC6/C=C\CCCCN6C34)C5)nccc12. The van der Waals surface area contributed by atoms with Gasteiger partial charge in [-0.05, 0) is 114 Å². The number of aliphatic hydroxyl groups is 1. The van der Waals surface area contributed by atoms with E-state index in [0.29, 0.717) is 12.0 Å². The average molecular weight is 565 g/mol. The number of phenolic OH excluding ortho intramolecular Hbond substituents is 1. The number of nitrogens with zero attached hydrogens (tertiary/aromatic N) is 3. The van der Waals surface area contributed by atoms with Crippen molar-refractivity contribution in [2.75, 3.05) is 26.2 Å². The van der Waals surface area contributed by atoms with E-state index in [4.69, 9.17) is 4.98 Å². The Labute approximate surface area is 248 Å². The lowest BCUT2D eigenvalue weighted by Gasteiger charge is -2.58. The third kappa shape index (κ3) is 4.13. The van der Waals surface area contributed by atoms with Crippen LogP contribution in [0.4, 0.5) is 0 Å². The van der Waals surface area contributed by atoms with Crippen LogP contribution in [0.5, 0.6) is 5.75 Å². The van der Waals surface area contributed by atoms with E-state index in [9.17, 15) is 10.2 Å². The van der Waals surface area contributed by atoms with Crippen molar-refractivity contribution in [3.05, 3.63) is 66.5 Å². The largest absolute Gasteiger partial charge is 0.506 e. The van der Waals surface area contributed by atoms with Gasteiger partial charge in [0.1, 0.15) is 5.75 Å². The predicted molar refractivity (Wildman–Crippen MR) is 169 cm³/mol. The van der Waals surface area contributed by atoms with Crippen molar-refractivity contribution in [2.24, 2.45) is 11.3 Å². The number of rotatable bonds is 1. The minimum absolute atomic E-state index is 0.0494. The van der Waals surface area contributed by atoms with Crippen LogP contribution in [0.25, 0.3) is 27.4 Å². The molecule has 4 aliphatic heterocycles. The number of fused-ring (bicyclic) bond motifs is 5. The van der Waals surface area contributed by atoms with Crippen molar-refractivity contribution >= 4 is 27.4 Å². The van der Waals surface area contributed by atoms with Gasteiger partial charge in [0.15, 0.2) is 0 Å². The van der Waals surface area contributed by atoms with Gasteiger partial charge in [0, 0.05) is 35.0 Å². The molecule has 1 aliphatic carbocycles. The smallest absolute Gasteiger partial charge is 0.139 e. The fourth-order valence-electron chi connectivity index (χ4n) is 9.64. The van der Waals surface area contributed by atoms with Crippen molar-refractivity contribution in [1.29, 1.82) is 0 Å². The zero-order valence-corrected chi connectivity index (χ0v) is 24.6. The number of piperidine rings is 1. The maximum Gasteiger partial charge on any atom is 0.139 e. The number of hydrogen-bond acceptors (Lipinski definition) is 5. The molecule has 6 heterocycles. The maximum absolute atomic E-state index is 13.1. The third-order valence-electron chi connectivity index (χ3n) is 11.3. The summed E-state index contributed by atoms with van der Waals surface area (Å²) in [6.07, 6.45) is 24.7. The summed E-state index contributed by atoms with van der Waals surface area (Å²) in [6, 6.07) is 8.24. The zero-order chi connectivity index (χ0) is 28.3. The van der Waals surface area contributed by atoms with Crippen molar-refractivity contribution in [2.45, 2.75) is 81.9 Å². The van der Waals surface area contributed by atoms with E-state index in [2.05, 4.69) is 57.3 Å². The Balaban J connectivity index is 1.35. The van der Waals surface area contributed by atoms with Crippen molar-refractivity contribution < 1.29 is 10.2 Å². The van der Waals surface area contributed by atoms with Crippen molar-refractivity contribution in [3.63, 3.8) is 0 Å². The van der Waals surface area contributed by atoms with Crippen molar-refractivity contribution in [1.82, 2.24) is 19.8 Å². The Morgan fingerprint density at radius 3 is 2.67 bits per heavy atom. The summed E-state index contributed by atoms with van der Waals surface area (Å²) in [4.78, 5) is 14.1. The van der Waals surface area contributed by atoms with Gasteiger partial charge in [-0.15, -0.1) is 0 Å². The third-order valence-corrected chi connectivity index (χ3v) is 11.3. The van der Waals surface area contributed by atoms with Gasteiger partial charge in [0.2, 0.25) is 0 Å². The van der Waals surface area contributed by atoms with Gasteiger partial charge in [-0.3, -0.25) is 9.88 Å². The molecule has 0 amide bonds. The minimum atomic E-state index is -0.951. The van der Waals surface area contributed by atoms with Crippen LogP contribution in [0.15, 0.2) is 60.8 Å². The molecule has 5 aliphatic rings. The number of aromatic hydroxyl groups is 1. The Morgan fingerprint density at radius 1 is 0.905 bits per heavy atom. The van der Waals surface area contributed by atoms with Crippen LogP contribution in [-0.2, 0) is 0 Å². The van der Waals surface area contributed by atoms with Gasteiger partial charge in [0.05, 0.1) is 28.4 Å². The van der Waals surface area contributed by atoms with E-state index in [0.717, 1.165) is 92.2 Å². The Morgan fingerprint density at radius 2 is 1.74 bits per heavy atom. The Hall–Kier alpha value is -2.93. The molecule has 6 nitrogen and oxygen atoms in total. The first-order valence-corrected chi connectivity index (χ1v) is 16.4. The van der Waals surface area contributed by atoms with E-state index in [1.54, 1.807) is 6.07 Å². The number of aromatic nitrogens is 2. The van der Waals surface area contributed by atoms with E-state index in [1.807, 2.05) is 12.3 Å². The molecular formula is C36H44N4O2. The average Bonchev–Trinajstić information content (AvgIpc) is 3.50. The quantitative estimate of drug-likeness (QED) is 0.292. The minimum Gasteiger partial charge on any atom is -0.506 e. The summed E-state index contributed by atoms with van der Waals surface area (Å²) in [6.45, 7) is 4.33. The maximum atomic E-state index is 13.1. The highest BCUT2D eigenvalue weighted by Gasteiger charge is 2.65. The molecule has 3 N–H and O–H groups in total. The molecule has 6 heteroatoms. The standard InChI is InChI=1S/C36H44N4O2/c41-30-14-11-13-26-27-15-18-37-32(33(27)38-31(26)30)28-23-36(42)17-8-4-1-2-5-9-19-39-21-16-29(28)35(24-39)22-25-12-7-3-6-10-20-40(25)34(35)36/h1,4,7,11-15,18,23,25,29,34,38,41-42H,2-3,5-6,8-10,16-17,19-22,24H2/b4-1-,12-7-/t25?,29-,34?,35-,36-/m0/s1. The van der Waals surface area contributed by atoms with E-state index >= 15 is 0 Å². The fourth-order valence-corrected chi connectivity index (χ4v) is 9.64. The summed E-state index contributed by atoms with van der Waals surface area (Å²) in [7, 11) is 0. The molecule has 0 radical (unpaired) electrons. The van der Waals surface area contributed by atoms with Crippen LogP contribution < -0.4 is 0 Å². The highest BCUT2D eigenvalue weighted by atomic mass is 16.3. The lowest BCUT2D eigenvalue weighted by atomic mass is 9.54. The highest BCUT2D eigenvalue weighted by molar-refractivity contribution is 6.11. The lowest BCUT2D eigenvalue weighted by Crippen LogP contribution is -2.65. The van der Waals surface area contributed by atoms with Gasteiger partial charge >= 0.3 is 0 Å². The number of aromatic amines is 1. The molecule has 8 rings (SSSR count). The Kier molecular flexibility index (Phi) is 6.58. The van der Waals surface area contributed by atoms with Crippen LogP contribution in [0.3, 0.4) is 0 Å². The number of H-pyrrole nitrogens is 1. The molecule has 2 aromatic heterocycles. The van der Waals surface area contributed by atoms with E-state index < -0.39 is 5.60 Å². The van der Waals surface area contributed by atoms with Crippen LogP contribution >= 0.6 is 0 Å². The van der Waals surface area contributed by atoms with Crippen LogP contribution in [0, 0.1) is 11.3 Å². The first-order valence-electron chi connectivity index (χ1n) is 16.4. The van der Waals surface area contributed by atoms with Crippen LogP contribution in [0.2, 0.25) is 0 Å². The molecule has 3 unspecified atom stereocenters. The number of hydrogen-bond donors (Lipinski definition) is 3. The first kappa shape index (κ1) is 26.7. The highest BCUT2D eigenvalue weighted by Crippen LogP contribution is 2.61. The predicted octanol–water partition coefficient (Wildman–Crippen LogP) is 6.56. The second kappa shape index (κ2) is 10.4. The molecule has 42 heavy (non-hydrogen) atoms. The van der Waals surface area contributed by atoms with Gasteiger partial charge in [-0.2, -0.15) is 0 Å². The molecule has 1 spiro atoms. The number of phenols is 1. The fraction of sp³-hybridized carbons (Fsp3) is 0.528. The van der Waals surface area contributed by atoms with Crippen LogP contribution in [-0.4, -0.2) is 73.8 Å². The van der Waals surface area contributed by atoms with E-state index in [-0.39, 0.29) is 17.2 Å². The molecule has 6 atom stereocenters. The summed E-state index contributed by atoms with van der Waals surface area (Å²) in [5.41, 5.74) is 2.89. The molecule has 3 aromatic rings. The normalized spacial score (nSPS) is 37.0. The number of nitrogens with one attached hydrogen (secondary N) is 1. The molecule has 2 fully saturated rings. The summed E-state index contributed by atoms with van der Waals surface area (Å²) >= 11 is 0. The summed E-state index contributed by atoms with van der Waals surface area (Å²) in [5.74, 6) is 0.581. The zero-order valence-electron chi connectivity index (χ0n) is 24.6. The van der Waals surface area contributed by atoms with Crippen LogP contribution in [0.1, 0.15) is 69.9 Å². The summed E-state index contributed by atoms with van der Waals surface area (Å²) < 4.78 is 0. The van der Waals surface area contributed by atoms with E-state index in [1.165, 1.54) is 31.3 Å². The molecule has 2 saturated heterocycles. The first-order chi connectivity index (χ1) is 20.6. The van der Waals surface area contributed by atoms with Gasteiger partial charge in [-0.25, -0.2) is 0 Å². The molecule has 1 aromatic carbocycles. The van der Waals surface area contributed by atoms with Crippen molar-refractivity contribution in [3.8, 4) is 5.75 Å². The second-order valence-electron chi connectivity index (χ2n) is 13.7. The molecule has 220 valence electrons. The molecule has 0 saturated carbocycles. The van der Waals surface area contributed by atoms with Gasteiger partial charge in [-0.1, -0.05) is 36.4 Å². The number of pyridine rings is 1. The molecular weight excluding hydrogens is 520 g/mol. The second-order valence-corrected chi connectivity index (χ2v) is 13.7. The monoisotopic (exact) mass is 564 g/mol. The Bertz CT molecular complexity index is 1590. The van der Waals surface area contributed by atoms with Gasteiger partial charge in [0.25, 0.3) is 0 Å². The number of benzene rings is 1. The topological polar surface area (TPSA) is 75.6 Å². The summed E-state index contributed by atoms with van der Waals surface area (Å²) in [5, 5.41) is 25.9. The van der Waals surface area contributed by atoms with Gasteiger partial charge < -0.3 is 20.1 Å². The number of allylic oxidation sites excluding steroid dienone is 4. The number of para-hydroxylation sites is 1. The lowest BCUT2D eigenvalue weighted by molar-refractivity contribution is -0.0894.